The number of fused-ring (bicyclic) bond motifs is 1. The van der Waals surface area contributed by atoms with Crippen molar-refractivity contribution in [2.24, 2.45) is 5.92 Å². The maximum Gasteiger partial charge on any atom is 0.416 e. The molecule has 3 aromatic carbocycles. The van der Waals surface area contributed by atoms with E-state index in [9.17, 15) is 36.3 Å². The van der Waals surface area contributed by atoms with Crippen molar-refractivity contribution in [1.82, 2.24) is 9.80 Å². The molecule has 0 saturated carbocycles. The minimum atomic E-state index is -4.50. The minimum absolute atomic E-state index is 0.0506. The Hall–Kier alpha value is -4.34. The van der Waals surface area contributed by atoms with E-state index in [0.717, 1.165) is 18.6 Å². The van der Waals surface area contributed by atoms with Gasteiger partial charge < -0.3 is 29.7 Å². The van der Waals surface area contributed by atoms with Crippen LogP contribution >= 0.6 is 0 Å². The van der Waals surface area contributed by atoms with Crippen molar-refractivity contribution in [2.45, 2.75) is 69.4 Å². The summed E-state index contributed by atoms with van der Waals surface area (Å²) in [5.74, 6) is -0.617. The maximum atomic E-state index is 14.3. The average molecular weight is 735 g/mol. The van der Waals surface area contributed by atoms with Gasteiger partial charge in [-0.25, -0.2) is 13.2 Å². The Bertz CT molecular complexity index is 1730. The van der Waals surface area contributed by atoms with Gasteiger partial charge in [0.05, 0.1) is 40.9 Å². The number of rotatable bonds is 8. The molecule has 0 aromatic heterocycles. The Balaban J connectivity index is 1.59. The molecule has 4 rings (SSSR count). The highest BCUT2D eigenvalue weighted by molar-refractivity contribution is 7.92. The summed E-state index contributed by atoms with van der Waals surface area (Å²) in [5.41, 5.74) is -0.394. The number of aliphatic hydroxyl groups is 1. The highest BCUT2D eigenvalue weighted by Crippen LogP contribution is 2.31. The summed E-state index contributed by atoms with van der Waals surface area (Å²) in [7, 11) is -2.43. The average Bonchev–Trinajstić information content (AvgIpc) is 3.09. The standard InChI is InChI=1S/C36H45F3N4O7S/c1-24-21-43(25(2)23-44)34(45)31-20-29(41-51(47,48)30-11-6-5-7-12-30)17-18-32(31)50-26(3)10-8-9-19-49-33(24)22-42(4)35(46)40-28-15-13-27(14-16-28)36(37,38)39/h5-7,11-18,20,24-26,33,41,44H,8-10,19,21-23H2,1-4H3,(H,40,46)/t24-,25+,26-,33+/m1/s1. The summed E-state index contributed by atoms with van der Waals surface area (Å²) in [4.78, 5) is 30.3. The molecule has 0 saturated heterocycles. The Morgan fingerprint density at radius 2 is 1.71 bits per heavy atom. The van der Waals surface area contributed by atoms with Gasteiger partial charge in [0.25, 0.3) is 15.9 Å². The van der Waals surface area contributed by atoms with Crippen molar-refractivity contribution in [3.63, 3.8) is 0 Å². The van der Waals surface area contributed by atoms with Crippen molar-refractivity contribution in [3.05, 3.63) is 83.9 Å². The maximum absolute atomic E-state index is 14.3. The van der Waals surface area contributed by atoms with Gasteiger partial charge in [0.2, 0.25) is 0 Å². The number of amides is 3. The van der Waals surface area contributed by atoms with Crippen LogP contribution in [0.25, 0.3) is 0 Å². The molecule has 0 bridgehead atoms. The second-order valence-electron chi connectivity index (χ2n) is 12.8. The number of nitrogens with zero attached hydrogens (tertiary/aromatic N) is 2. The molecule has 0 aliphatic carbocycles. The number of alkyl halides is 3. The molecule has 0 unspecified atom stereocenters. The Labute approximate surface area is 296 Å². The van der Waals surface area contributed by atoms with Crippen LogP contribution in [-0.2, 0) is 20.9 Å². The number of likely N-dealkylation sites (N-methyl/N-ethyl adjacent to an activating group) is 1. The van der Waals surface area contributed by atoms with Crippen LogP contribution in [0.1, 0.15) is 56.0 Å². The third kappa shape index (κ3) is 10.8. The van der Waals surface area contributed by atoms with Gasteiger partial charge in [0.15, 0.2) is 0 Å². The molecule has 278 valence electrons. The first kappa shape index (κ1) is 39.4. The first-order chi connectivity index (χ1) is 24.1. The highest BCUT2D eigenvalue weighted by atomic mass is 32.2. The SMILES string of the molecule is C[C@@H]1CCCCO[C@@H](CN(C)C(=O)Nc2ccc(C(F)(F)F)cc2)[C@H](C)CN([C@@H](C)CO)C(=O)c2cc(NS(=O)(=O)c3ccccc3)ccc2O1. The van der Waals surface area contributed by atoms with E-state index in [0.29, 0.717) is 19.4 Å². The van der Waals surface area contributed by atoms with Crippen LogP contribution in [0.15, 0.2) is 77.7 Å². The quantitative estimate of drug-likeness (QED) is 0.242. The molecule has 11 nitrogen and oxygen atoms in total. The molecule has 1 aliphatic rings. The van der Waals surface area contributed by atoms with Crippen molar-refractivity contribution < 1.29 is 45.8 Å². The molecule has 1 aliphatic heterocycles. The van der Waals surface area contributed by atoms with Crippen molar-refractivity contribution >= 4 is 33.3 Å². The van der Waals surface area contributed by atoms with Crippen LogP contribution in [-0.4, -0.2) is 86.9 Å². The Kier molecular flexibility index (Phi) is 13.3. The first-order valence-electron chi connectivity index (χ1n) is 16.7. The van der Waals surface area contributed by atoms with E-state index in [1.807, 2.05) is 13.8 Å². The van der Waals surface area contributed by atoms with E-state index in [-0.39, 0.29) is 59.3 Å². The normalized spacial score (nSPS) is 20.0. The molecular weight excluding hydrogens is 689 g/mol. The van der Waals surface area contributed by atoms with E-state index in [1.165, 1.54) is 53.2 Å². The third-order valence-corrected chi connectivity index (χ3v) is 10.0. The molecule has 0 fully saturated rings. The molecule has 4 atom stereocenters. The summed E-state index contributed by atoms with van der Waals surface area (Å²) in [6, 6.07) is 15.2. The van der Waals surface area contributed by atoms with E-state index in [2.05, 4.69) is 10.0 Å². The zero-order chi connectivity index (χ0) is 37.3. The summed E-state index contributed by atoms with van der Waals surface area (Å²) < 4.78 is 80.2. The van der Waals surface area contributed by atoms with Crippen LogP contribution in [0.5, 0.6) is 5.75 Å². The topological polar surface area (TPSA) is 138 Å². The van der Waals surface area contributed by atoms with Gasteiger partial charge in [-0.2, -0.15) is 13.2 Å². The lowest BCUT2D eigenvalue weighted by atomic mass is 10.0. The highest BCUT2D eigenvalue weighted by Gasteiger charge is 2.32. The molecule has 51 heavy (non-hydrogen) atoms. The summed E-state index contributed by atoms with van der Waals surface area (Å²) in [6.45, 7) is 5.58. The number of hydrogen-bond acceptors (Lipinski definition) is 7. The second-order valence-corrected chi connectivity index (χ2v) is 14.5. The lowest BCUT2D eigenvalue weighted by Gasteiger charge is -2.35. The van der Waals surface area contributed by atoms with Crippen LogP contribution in [0.2, 0.25) is 0 Å². The largest absolute Gasteiger partial charge is 0.490 e. The number of carbonyl (C=O) groups excluding carboxylic acids is 2. The van der Waals surface area contributed by atoms with E-state index in [4.69, 9.17) is 9.47 Å². The number of nitrogens with one attached hydrogen (secondary N) is 2. The second kappa shape index (κ2) is 17.2. The van der Waals surface area contributed by atoms with Gasteiger partial charge in [-0.05, 0) is 87.7 Å². The summed E-state index contributed by atoms with van der Waals surface area (Å²) in [6.07, 6.45) is -3.33. The van der Waals surface area contributed by atoms with E-state index < -0.39 is 45.8 Å². The molecule has 3 aromatic rings. The number of benzene rings is 3. The van der Waals surface area contributed by atoms with Crippen LogP contribution in [0, 0.1) is 5.92 Å². The molecule has 3 N–H and O–H groups in total. The van der Waals surface area contributed by atoms with Crippen LogP contribution < -0.4 is 14.8 Å². The number of aliphatic hydroxyl groups excluding tert-OH is 1. The monoisotopic (exact) mass is 734 g/mol. The summed E-state index contributed by atoms with van der Waals surface area (Å²) >= 11 is 0. The van der Waals surface area contributed by atoms with Gasteiger partial charge in [0, 0.05) is 44.0 Å². The lowest BCUT2D eigenvalue weighted by Crippen LogP contribution is -2.48. The predicted octanol–water partition coefficient (Wildman–Crippen LogP) is 6.47. The fourth-order valence-corrected chi connectivity index (χ4v) is 6.65. The number of sulfonamides is 1. The number of halogens is 3. The first-order valence-corrected chi connectivity index (χ1v) is 18.2. The van der Waals surface area contributed by atoms with Gasteiger partial charge in [-0.15, -0.1) is 0 Å². The van der Waals surface area contributed by atoms with Gasteiger partial charge >= 0.3 is 12.2 Å². The Morgan fingerprint density at radius 1 is 1.04 bits per heavy atom. The zero-order valence-electron chi connectivity index (χ0n) is 29.0. The molecule has 1 heterocycles. The van der Waals surface area contributed by atoms with Gasteiger partial charge in [0.1, 0.15) is 5.75 Å². The Morgan fingerprint density at radius 3 is 2.35 bits per heavy atom. The van der Waals surface area contributed by atoms with Crippen LogP contribution in [0.4, 0.5) is 29.3 Å². The smallest absolute Gasteiger partial charge is 0.416 e. The number of carbonyl (C=O) groups is 2. The van der Waals surface area contributed by atoms with E-state index >= 15 is 0 Å². The molecule has 0 spiro atoms. The number of hydrogen-bond donors (Lipinski definition) is 3. The molecule has 3 amide bonds. The zero-order valence-corrected chi connectivity index (χ0v) is 29.8. The summed E-state index contributed by atoms with van der Waals surface area (Å²) in [5, 5.41) is 12.8. The van der Waals surface area contributed by atoms with E-state index in [1.54, 1.807) is 31.2 Å². The third-order valence-electron chi connectivity index (χ3n) is 8.62. The van der Waals surface area contributed by atoms with Gasteiger partial charge in [-0.3, -0.25) is 9.52 Å². The van der Waals surface area contributed by atoms with Crippen molar-refractivity contribution in [3.8, 4) is 5.75 Å². The fourth-order valence-electron chi connectivity index (χ4n) is 5.58. The van der Waals surface area contributed by atoms with Crippen molar-refractivity contribution in [2.75, 3.05) is 43.4 Å². The fraction of sp³-hybridized carbons (Fsp3) is 0.444. The number of urea groups is 1. The van der Waals surface area contributed by atoms with Crippen LogP contribution in [0.3, 0.4) is 0 Å². The number of ether oxygens (including phenoxy) is 2. The minimum Gasteiger partial charge on any atom is -0.490 e. The molecule has 0 radical (unpaired) electrons. The lowest BCUT2D eigenvalue weighted by molar-refractivity contribution is -0.137. The van der Waals surface area contributed by atoms with Gasteiger partial charge in [-0.1, -0.05) is 25.1 Å². The molecular formula is C36H45F3N4O7S. The number of anilines is 2. The predicted molar refractivity (Wildman–Crippen MR) is 187 cm³/mol. The van der Waals surface area contributed by atoms with Crippen molar-refractivity contribution in [1.29, 1.82) is 0 Å². The molecule has 15 heteroatoms.